The van der Waals surface area contributed by atoms with Gasteiger partial charge < -0.3 is 32.7 Å². The Labute approximate surface area is 235 Å². The van der Waals surface area contributed by atoms with Gasteiger partial charge in [-0.25, -0.2) is 0 Å². The smallest absolute Gasteiger partial charge is 0.242 e. The molecule has 0 aliphatic heterocycles. The number of aryl methyl sites for hydroxylation is 1. The van der Waals surface area contributed by atoms with E-state index in [1.54, 1.807) is 12.4 Å². The van der Waals surface area contributed by atoms with Gasteiger partial charge in [-0.05, 0) is 35.6 Å². The van der Waals surface area contributed by atoms with E-state index in [9.17, 15) is 14.4 Å². The molecule has 0 spiro atoms. The Balaban J connectivity index is 1.69. The minimum atomic E-state index is -1.12. The Bertz CT molecular complexity index is 1220. The van der Waals surface area contributed by atoms with Crippen molar-refractivity contribution in [1.29, 1.82) is 0 Å². The standard InChI is InChI=1S/C30H39N7O3/c31-14-17-37(18-15-32)28(38)19-26(33)29(39)36-27(13-12-22-7-2-1-3-8-22)30(40)35-21-24-9-4-5-11-25(24)23-10-6-16-34-20-23/h1-11,16,20,26-27H,12-15,17-19,21,31-33H2,(H,35,40)(H,36,39). The van der Waals surface area contributed by atoms with Gasteiger partial charge in [0.2, 0.25) is 17.7 Å². The summed E-state index contributed by atoms with van der Waals surface area (Å²) in [6, 6.07) is 19.3. The van der Waals surface area contributed by atoms with Gasteiger partial charge in [-0.15, -0.1) is 0 Å². The van der Waals surface area contributed by atoms with Crippen LogP contribution in [0.25, 0.3) is 11.1 Å². The van der Waals surface area contributed by atoms with E-state index in [0.29, 0.717) is 25.9 Å². The van der Waals surface area contributed by atoms with Gasteiger partial charge in [-0.1, -0.05) is 60.7 Å². The number of carbonyl (C=O) groups excluding carboxylic acids is 3. The first-order valence-electron chi connectivity index (χ1n) is 13.5. The van der Waals surface area contributed by atoms with Gasteiger partial charge in [0.15, 0.2) is 0 Å². The van der Waals surface area contributed by atoms with Gasteiger partial charge in [-0.2, -0.15) is 0 Å². The van der Waals surface area contributed by atoms with E-state index in [1.807, 2.05) is 66.7 Å². The van der Waals surface area contributed by atoms with Crippen LogP contribution in [0.15, 0.2) is 79.1 Å². The van der Waals surface area contributed by atoms with Gasteiger partial charge in [0.25, 0.3) is 0 Å². The van der Waals surface area contributed by atoms with Crippen molar-refractivity contribution in [3.63, 3.8) is 0 Å². The van der Waals surface area contributed by atoms with Crippen molar-refractivity contribution in [3.05, 3.63) is 90.3 Å². The third-order valence-electron chi connectivity index (χ3n) is 6.52. The molecule has 0 saturated carbocycles. The van der Waals surface area contributed by atoms with Gasteiger partial charge in [0.05, 0.1) is 12.5 Å². The average molecular weight is 546 g/mol. The highest BCUT2D eigenvalue weighted by molar-refractivity contribution is 5.92. The highest BCUT2D eigenvalue weighted by atomic mass is 16.2. The van der Waals surface area contributed by atoms with Gasteiger partial charge in [-0.3, -0.25) is 19.4 Å². The quantitative estimate of drug-likeness (QED) is 0.189. The summed E-state index contributed by atoms with van der Waals surface area (Å²) < 4.78 is 0. The van der Waals surface area contributed by atoms with Gasteiger partial charge >= 0.3 is 0 Å². The minimum absolute atomic E-state index is 0.211. The van der Waals surface area contributed by atoms with Crippen molar-refractivity contribution in [2.75, 3.05) is 26.2 Å². The maximum Gasteiger partial charge on any atom is 0.242 e. The lowest BCUT2D eigenvalue weighted by Crippen LogP contribution is -2.53. The largest absolute Gasteiger partial charge is 0.350 e. The van der Waals surface area contributed by atoms with Crippen LogP contribution in [0, 0.1) is 0 Å². The maximum absolute atomic E-state index is 13.4. The minimum Gasteiger partial charge on any atom is -0.350 e. The summed E-state index contributed by atoms with van der Waals surface area (Å²) in [6.07, 6.45) is 4.20. The van der Waals surface area contributed by atoms with E-state index in [0.717, 1.165) is 22.3 Å². The van der Waals surface area contributed by atoms with Gasteiger partial charge in [0, 0.05) is 50.7 Å². The molecular weight excluding hydrogens is 506 g/mol. The van der Waals surface area contributed by atoms with Crippen LogP contribution in [0.4, 0.5) is 0 Å². The van der Waals surface area contributed by atoms with Crippen LogP contribution in [0.2, 0.25) is 0 Å². The number of amides is 3. The van der Waals surface area contributed by atoms with Crippen molar-refractivity contribution >= 4 is 17.7 Å². The second-order valence-electron chi connectivity index (χ2n) is 9.47. The molecule has 0 bridgehead atoms. The average Bonchev–Trinajstić information content (AvgIpc) is 2.98. The van der Waals surface area contributed by atoms with Crippen molar-refractivity contribution < 1.29 is 14.4 Å². The number of hydrogen-bond acceptors (Lipinski definition) is 7. The molecular formula is C30H39N7O3. The molecule has 0 fully saturated rings. The van der Waals surface area contributed by atoms with Gasteiger partial charge in [0.1, 0.15) is 6.04 Å². The first-order valence-corrected chi connectivity index (χ1v) is 13.5. The molecule has 10 heteroatoms. The number of pyridine rings is 1. The van der Waals surface area contributed by atoms with E-state index in [2.05, 4.69) is 15.6 Å². The molecule has 8 N–H and O–H groups in total. The number of hydrogen-bond donors (Lipinski definition) is 5. The predicted molar refractivity (Wildman–Crippen MR) is 155 cm³/mol. The fourth-order valence-corrected chi connectivity index (χ4v) is 4.37. The Morgan fingerprint density at radius 2 is 1.57 bits per heavy atom. The number of nitrogens with one attached hydrogen (secondary N) is 2. The maximum atomic E-state index is 13.4. The Morgan fingerprint density at radius 3 is 2.25 bits per heavy atom. The van der Waals surface area contributed by atoms with E-state index in [1.165, 1.54) is 4.90 Å². The number of nitrogens with two attached hydrogens (primary N) is 3. The number of nitrogens with zero attached hydrogens (tertiary/aromatic N) is 2. The highest BCUT2D eigenvalue weighted by Crippen LogP contribution is 2.22. The van der Waals surface area contributed by atoms with Crippen molar-refractivity contribution in [3.8, 4) is 11.1 Å². The normalized spacial score (nSPS) is 12.3. The molecule has 1 aromatic heterocycles. The fourth-order valence-electron chi connectivity index (χ4n) is 4.37. The van der Waals surface area contributed by atoms with E-state index >= 15 is 0 Å². The summed E-state index contributed by atoms with van der Waals surface area (Å²) in [4.78, 5) is 44.7. The van der Waals surface area contributed by atoms with Crippen LogP contribution < -0.4 is 27.8 Å². The molecule has 2 atom stereocenters. The first-order chi connectivity index (χ1) is 19.4. The van der Waals surface area contributed by atoms with E-state index in [4.69, 9.17) is 17.2 Å². The Kier molecular flexibility index (Phi) is 12.2. The molecule has 0 radical (unpaired) electrons. The van der Waals surface area contributed by atoms with E-state index in [-0.39, 0.29) is 37.9 Å². The third-order valence-corrected chi connectivity index (χ3v) is 6.52. The van der Waals surface area contributed by atoms with Crippen LogP contribution in [-0.2, 0) is 27.3 Å². The zero-order valence-electron chi connectivity index (χ0n) is 22.7. The SMILES string of the molecule is NCCN(CCN)C(=O)CC(N)C(=O)NC(CCc1ccccc1)C(=O)NCc1ccccc1-c1cccnc1. The molecule has 1 heterocycles. The molecule has 0 aliphatic rings. The summed E-state index contributed by atoms with van der Waals surface area (Å²) in [7, 11) is 0. The van der Waals surface area contributed by atoms with Crippen LogP contribution in [-0.4, -0.2) is 65.9 Å². The van der Waals surface area contributed by atoms with Crippen LogP contribution in [0.1, 0.15) is 24.0 Å². The molecule has 2 aromatic carbocycles. The zero-order chi connectivity index (χ0) is 28.7. The molecule has 2 unspecified atom stereocenters. The Hall–Kier alpha value is -4.12. The van der Waals surface area contributed by atoms with E-state index < -0.39 is 18.0 Å². The molecule has 3 amide bonds. The summed E-state index contributed by atoms with van der Waals surface area (Å²) in [5.74, 6) is -1.22. The third kappa shape index (κ3) is 9.26. The second-order valence-corrected chi connectivity index (χ2v) is 9.47. The lowest BCUT2D eigenvalue weighted by Gasteiger charge is -2.24. The predicted octanol–water partition coefficient (Wildman–Crippen LogP) is 0.946. The zero-order valence-corrected chi connectivity index (χ0v) is 22.7. The molecule has 3 aromatic rings. The summed E-state index contributed by atoms with van der Waals surface area (Å²) in [5, 5.41) is 5.74. The number of rotatable bonds is 15. The molecule has 3 rings (SSSR count). The van der Waals surface area contributed by atoms with Crippen molar-refractivity contribution in [2.24, 2.45) is 17.2 Å². The Morgan fingerprint density at radius 1 is 0.875 bits per heavy atom. The highest BCUT2D eigenvalue weighted by Gasteiger charge is 2.26. The number of carbonyl (C=O) groups is 3. The first kappa shape index (κ1) is 30.4. The fraction of sp³-hybridized carbons (Fsp3) is 0.333. The van der Waals surface area contributed by atoms with Crippen LogP contribution >= 0.6 is 0 Å². The topological polar surface area (TPSA) is 169 Å². The molecule has 10 nitrogen and oxygen atoms in total. The second kappa shape index (κ2) is 16.1. The summed E-state index contributed by atoms with van der Waals surface area (Å²) >= 11 is 0. The van der Waals surface area contributed by atoms with Crippen molar-refractivity contribution in [2.45, 2.75) is 37.9 Å². The van der Waals surface area contributed by atoms with Crippen LogP contribution in [0.3, 0.4) is 0 Å². The van der Waals surface area contributed by atoms with Crippen molar-refractivity contribution in [1.82, 2.24) is 20.5 Å². The monoisotopic (exact) mass is 545 g/mol. The molecule has 212 valence electrons. The summed E-state index contributed by atoms with van der Waals surface area (Å²) in [5.41, 5.74) is 21.1. The number of aromatic nitrogens is 1. The molecule has 40 heavy (non-hydrogen) atoms. The lowest BCUT2D eigenvalue weighted by molar-refractivity contribution is -0.135. The van der Waals surface area contributed by atoms with Crippen LogP contribution in [0.5, 0.6) is 0 Å². The molecule has 0 saturated heterocycles. The number of benzene rings is 2. The lowest BCUT2D eigenvalue weighted by atomic mass is 10.0. The summed E-state index contributed by atoms with van der Waals surface area (Å²) in [6.45, 7) is 1.47. The molecule has 0 aliphatic carbocycles.